The number of hydrogen-bond donors (Lipinski definition) is 0. The van der Waals surface area contributed by atoms with E-state index in [1.165, 1.54) is 6.07 Å². The van der Waals surface area contributed by atoms with Crippen LogP contribution in [0.15, 0.2) is 85.1 Å². The van der Waals surface area contributed by atoms with Gasteiger partial charge in [-0.15, -0.1) is 0 Å². The Kier molecular flexibility index (Phi) is 3.62. The maximum Gasteiger partial charge on any atom is 0.297 e. The van der Waals surface area contributed by atoms with Gasteiger partial charge in [0.1, 0.15) is 0 Å². The second-order valence-corrected chi connectivity index (χ2v) is 6.38. The summed E-state index contributed by atoms with van der Waals surface area (Å²) in [5, 5.41) is 12.4. The first-order valence-corrected chi connectivity index (χ1v) is 8.79. The molecule has 3 aromatic heterocycles. The summed E-state index contributed by atoms with van der Waals surface area (Å²) in [7, 11) is 0. The van der Waals surface area contributed by atoms with Gasteiger partial charge in [0.05, 0.1) is 27.2 Å². The van der Waals surface area contributed by atoms with Crippen molar-refractivity contribution in [3.63, 3.8) is 0 Å². The van der Waals surface area contributed by atoms with Gasteiger partial charge in [-0.25, -0.2) is 9.97 Å². The molecule has 0 N–H and O–H groups in total. The van der Waals surface area contributed by atoms with Gasteiger partial charge in [0.25, 0.3) is 5.69 Å². The van der Waals surface area contributed by atoms with E-state index in [0.29, 0.717) is 5.69 Å². The predicted molar refractivity (Wildman–Crippen MR) is 108 cm³/mol. The van der Waals surface area contributed by atoms with Crippen molar-refractivity contribution in [1.82, 2.24) is 14.5 Å². The maximum absolute atomic E-state index is 11.4. The number of pyridine rings is 2. The highest BCUT2D eigenvalue weighted by Gasteiger charge is 2.19. The van der Waals surface area contributed by atoms with E-state index < -0.39 is 4.92 Å². The van der Waals surface area contributed by atoms with E-state index >= 15 is 0 Å². The van der Waals surface area contributed by atoms with Crippen molar-refractivity contribution in [2.45, 2.75) is 0 Å². The first kappa shape index (κ1) is 16.1. The first-order valence-electron chi connectivity index (χ1n) is 8.79. The van der Waals surface area contributed by atoms with Crippen LogP contribution in [0.2, 0.25) is 0 Å². The molecule has 5 aromatic rings. The van der Waals surface area contributed by atoms with Crippen LogP contribution in [0.25, 0.3) is 39.0 Å². The molecule has 0 aliphatic carbocycles. The largest absolute Gasteiger partial charge is 0.308 e. The Bertz CT molecular complexity index is 1340. The summed E-state index contributed by atoms with van der Waals surface area (Å²) >= 11 is 0. The monoisotopic (exact) mass is 366 g/mol. The van der Waals surface area contributed by atoms with Crippen LogP contribution in [0.3, 0.4) is 0 Å². The average molecular weight is 366 g/mol. The number of aromatic nitrogens is 3. The minimum absolute atomic E-state index is 0.0545. The smallest absolute Gasteiger partial charge is 0.297 e. The van der Waals surface area contributed by atoms with Crippen LogP contribution in [0, 0.1) is 10.1 Å². The highest BCUT2D eigenvalue weighted by Crippen LogP contribution is 2.33. The van der Waals surface area contributed by atoms with Crippen LogP contribution in [0.4, 0.5) is 5.69 Å². The van der Waals surface area contributed by atoms with Crippen molar-refractivity contribution in [2.24, 2.45) is 0 Å². The van der Waals surface area contributed by atoms with Gasteiger partial charge in [0, 0.05) is 23.3 Å². The third kappa shape index (κ3) is 2.43. The van der Waals surface area contributed by atoms with Crippen LogP contribution in [-0.2, 0) is 0 Å². The summed E-state index contributed by atoms with van der Waals surface area (Å²) < 4.78 is 2.15. The van der Waals surface area contributed by atoms with Gasteiger partial charge >= 0.3 is 0 Å². The van der Waals surface area contributed by atoms with E-state index in [2.05, 4.69) is 9.55 Å². The Hall–Kier alpha value is -4.06. The molecule has 3 heterocycles. The van der Waals surface area contributed by atoms with Crippen molar-refractivity contribution in [3.8, 4) is 17.1 Å². The minimum atomic E-state index is -0.429. The normalized spacial score (nSPS) is 11.1. The molecule has 5 rings (SSSR count). The molecule has 0 amide bonds. The summed E-state index contributed by atoms with van der Waals surface area (Å²) in [4.78, 5) is 20.0. The lowest BCUT2D eigenvalue weighted by molar-refractivity contribution is -0.384. The molecule has 0 saturated carbocycles. The second-order valence-electron chi connectivity index (χ2n) is 6.38. The third-order valence-corrected chi connectivity index (χ3v) is 4.76. The van der Waals surface area contributed by atoms with Gasteiger partial charge in [-0.1, -0.05) is 36.4 Å². The van der Waals surface area contributed by atoms with Gasteiger partial charge in [-0.05, 0) is 36.4 Å². The number of benzene rings is 2. The van der Waals surface area contributed by atoms with Gasteiger partial charge < -0.3 is 4.57 Å². The van der Waals surface area contributed by atoms with Gasteiger partial charge in [0.2, 0.25) is 0 Å². The number of hydrogen-bond acceptors (Lipinski definition) is 4. The molecular weight excluding hydrogens is 352 g/mol. The van der Waals surface area contributed by atoms with E-state index in [9.17, 15) is 10.1 Å². The summed E-state index contributed by atoms with van der Waals surface area (Å²) in [6.45, 7) is 0. The fourth-order valence-corrected chi connectivity index (χ4v) is 3.56. The Balaban J connectivity index is 1.83. The molecule has 0 radical (unpaired) electrons. The molecule has 0 bridgehead atoms. The Morgan fingerprint density at radius 1 is 0.821 bits per heavy atom. The minimum Gasteiger partial charge on any atom is -0.308 e. The molecule has 6 nitrogen and oxygen atoms in total. The van der Waals surface area contributed by atoms with E-state index in [0.717, 1.165) is 27.6 Å². The lowest BCUT2D eigenvalue weighted by Crippen LogP contribution is -1.96. The Morgan fingerprint density at radius 3 is 2.43 bits per heavy atom. The van der Waals surface area contributed by atoms with Crippen molar-refractivity contribution in [1.29, 1.82) is 0 Å². The molecule has 0 saturated heterocycles. The van der Waals surface area contributed by atoms with Crippen molar-refractivity contribution in [2.75, 3.05) is 0 Å². The van der Waals surface area contributed by atoms with Crippen molar-refractivity contribution < 1.29 is 4.92 Å². The lowest BCUT2D eigenvalue weighted by Gasteiger charge is -2.07. The maximum atomic E-state index is 11.4. The quantitative estimate of drug-likeness (QED) is 0.327. The molecule has 134 valence electrons. The van der Waals surface area contributed by atoms with Crippen LogP contribution < -0.4 is 0 Å². The molecule has 0 fully saturated rings. The first-order chi connectivity index (χ1) is 13.7. The molecular formula is C22H14N4O2. The summed E-state index contributed by atoms with van der Waals surface area (Å²) in [5.74, 6) is 0. The SMILES string of the molecule is O=[N+]([O-])c1cccnc1-c1ccc2c(n1)c1ccccc1n2-c1ccccc1. The predicted octanol–water partition coefficient (Wildman–Crippen LogP) is 5.15. The van der Waals surface area contributed by atoms with Crippen molar-refractivity contribution in [3.05, 3.63) is 95.2 Å². The van der Waals surface area contributed by atoms with E-state index in [1.807, 2.05) is 60.7 Å². The highest BCUT2D eigenvalue weighted by atomic mass is 16.6. The zero-order valence-corrected chi connectivity index (χ0v) is 14.7. The van der Waals surface area contributed by atoms with E-state index in [1.54, 1.807) is 18.3 Å². The molecule has 0 unspecified atom stereocenters. The van der Waals surface area contributed by atoms with Crippen LogP contribution in [0.5, 0.6) is 0 Å². The highest BCUT2D eigenvalue weighted by molar-refractivity contribution is 6.07. The Morgan fingerprint density at radius 2 is 1.61 bits per heavy atom. The van der Waals surface area contributed by atoms with Crippen LogP contribution in [-0.4, -0.2) is 19.5 Å². The Labute approximate surface area is 159 Å². The molecule has 0 atom stereocenters. The number of para-hydroxylation sites is 2. The van der Waals surface area contributed by atoms with Gasteiger partial charge in [0.15, 0.2) is 5.69 Å². The van der Waals surface area contributed by atoms with Crippen LogP contribution in [0.1, 0.15) is 0 Å². The third-order valence-electron chi connectivity index (χ3n) is 4.76. The van der Waals surface area contributed by atoms with Crippen molar-refractivity contribution >= 4 is 27.6 Å². The number of rotatable bonds is 3. The van der Waals surface area contributed by atoms with Gasteiger partial charge in [-0.3, -0.25) is 10.1 Å². The fraction of sp³-hybridized carbons (Fsp3) is 0. The van der Waals surface area contributed by atoms with E-state index in [-0.39, 0.29) is 11.4 Å². The summed E-state index contributed by atoms with van der Waals surface area (Å²) in [6, 6.07) is 24.8. The topological polar surface area (TPSA) is 73.8 Å². The second kappa shape index (κ2) is 6.28. The zero-order chi connectivity index (χ0) is 19.1. The zero-order valence-electron chi connectivity index (χ0n) is 14.7. The molecule has 2 aromatic carbocycles. The summed E-state index contributed by atoms with van der Waals surface area (Å²) in [6.07, 6.45) is 1.54. The molecule has 0 aliphatic heterocycles. The number of fused-ring (bicyclic) bond motifs is 3. The number of nitrogens with zero attached hydrogens (tertiary/aromatic N) is 4. The molecule has 0 aliphatic rings. The standard InChI is InChI=1S/C22H14N4O2/c27-26(28)20-11-6-14-23-22(20)17-12-13-19-21(24-17)16-9-4-5-10-18(16)25(19)15-7-2-1-3-8-15/h1-14H. The van der Waals surface area contributed by atoms with Crippen LogP contribution >= 0.6 is 0 Å². The molecule has 6 heteroatoms. The lowest BCUT2D eigenvalue weighted by atomic mass is 10.2. The summed E-state index contributed by atoms with van der Waals surface area (Å²) in [5.41, 5.74) is 4.49. The average Bonchev–Trinajstić information content (AvgIpc) is 3.08. The molecule has 0 spiro atoms. The van der Waals surface area contributed by atoms with E-state index in [4.69, 9.17) is 4.98 Å². The van der Waals surface area contributed by atoms with Gasteiger partial charge in [-0.2, -0.15) is 0 Å². The fourth-order valence-electron chi connectivity index (χ4n) is 3.56. The number of nitro groups is 1. The molecule has 28 heavy (non-hydrogen) atoms.